The first kappa shape index (κ1) is 24.6. The number of fused-ring (bicyclic) bond motifs is 1. The molecule has 0 saturated heterocycles. The van der Waals surface area contributed by atoms with Gasteiger partial charge in [0.1, 0.15) is 11.5 Å². The van der Waals surface area contributed by atoms with Crippen molar-refractivity contribution < 1.29 is 24.1 Å². The first-order valence-electron chi connectivity index (χ1n) is 11.4. The van der Waals surface area contributed by atoms with Crippen molar-refractivity contribution in [1.82, 2.24) is 4.90 Å². The minimum absolute atomic E-state index is 0.150. The number of rotatable bonds is 9. The van der Waals surface area contributed by atoms with Crippen molar-refractivity contribution in [1.29, 1.82) is 0 Å². The van der Waals surface area contributed by atoms with Crippen molar-refractivity contribution in [2.45, 2.75) is 41.2 Å². The maximum Gasteiger partial charge on any atom is 0.232 e. The topological polar surface area (TPSA) is 68.2 Å². The van der Waals surface area contributed by atoms with Gasteiger partial charge in [0.2, 0.25) is 5.78 Å². The molecule has 178 valence electrons. The van der Waals surface area contributed by atoms with Crippen molar-refractivity contribution in [3.05, 3.63) is 52.3 Å². The fourth-order valence-electron chi connectivity index (χ4n) is 4.36. The molecule has 0 radical (unpaired) electrons. The number of ketones is 1. The van der Waals surface area contributed by atoms with Gasteiger partial charge in [0.25, 0.3) is 0 Å². The lowest BCUT2D eigenvalue weighted by Crippen LogP contribution is -2.31. The Kier molecular flexibility index (Phi) is 7.69. The van der Waals surface area contributed by atoms with Crippen LogP contribution in [0.2, 0.25) is 0 Å². The number of aromatic hydroxyl groups is 1. The third-order valence-electron chi connectivity index (χ3n) is 5.57. The third-order valence-corrected chi connectivity index (χ3v) is 5.57. The highest BCUT2D eigenvalue weighted by atomic mass is 16.5. The molecule has 0 amide bonds. The number of methoxy groups -OCH3 is 2. The van der Waals surface area contributed by atoms with Crippen molar-refractivity contribution in [3.63, 3.8) is 0 Å². The molecule has 0 saturated carbocycles. The molecule has 0 aliphatic carbocycles. The van der Waals surface area contributed by atoms with Crippen LogP contribution in [-0.2, 0) is 6.54 Å². The molecular formula is C27H35NO5. The Morgan fingerprint density at radius 1 is 1.09 bits per heavy atom. The smallest absolute Gasteiger partial charge is 0.232 e. The Morgan fingerprint density at radius 2 is 1.76 bits per heavy atom. The van der Waals surface area contributed by atoms with Gasteiger partial charge in [-0.05, 0) is 42.5 Å². The standard InChI is InChI=1S/C27H35NO5/c1-16(2)13-28(14-17(3)4)15-20-21(29)11-18(5)24-25(30)23(33-27(20)24)12-19-9-8-10-22(31-6)26(19)32-7/h8-12,16-17,29H,13-15H2,1-7H3/b23-12+. The maximum atomic E-state index is 13.3. The van der Waals surface area contributed by atoms with E-state index in [-0.39, 0.29) is 17.3 Å². The Morgan fingerprint density at radius 3 is 2.33 bits per heavy atom. The zero-order valence-corrected chi connectivity index (χ0v) is 20.7. The molecule has 2 aromatic rings. The minimum atomic E-state index is -0.201. The van der Waals surface area contributed by atoms with Crippen LogP contribution in [0.25, 0.3) is 6.08 Å². The van der Waals surface area contributed by atoms with Gasteiger partial charge in [0.05, 0.1) is 25.3 Å². The fourth-order valence-corrected chi connectivity index (χ4v) is 4.36. The zero-order chi connectivity index (χ0) is 24.3. The molecule has 3 rings (SSSR count). The summed E-state index contributed by atoms with van der Waals surface area (Å²) >= 11 is 0. The van der Waals surface area contributed by atoms with Crippen LogP contribution >= 0.6 is 0 Å². The van der Waals surface area contributed by atoms with Crippen LogP contribution in [0.3, 0.4) is 0 Å². The van der Waals surface area contributed by atoms with Crippen LogP contribution in [-0.4, -0.2) is 43.1 Å². The van der Waals surface area contributed by atoms with E-state index in [9.17, 15) is 9.90 Å². The number of phenolic OH excluding ortho intramolecular Hbond substituents is 1. The number of carbonyl (C=O) groups is 1. The van der Waals surface area contributed by atoms with E-state index >= 15 is 0 Å². The molecule has 2 aromatic carbocycles. The molecule has 0 atom stereocenters. The van der Waals surface area contributed by atoms with E-state index in [1.165, 1.54) is 0 Å². The van der Waals surface area contributed by atoms with Gasteiger partial charge in [-0.15, -0.1) is 0 Å². The third kappa shape index (κ3) is 5.33. The van der Waals surface area contributed by atoms with Gasteiger partial charge in [0, 0.05) is 25.2 Å². The largest absolute Gasteiger partial charge is 0.507 e. The van der Waals surface area contributed by atoms with E-state index in [2.05, 4.69) is 32.6 Å². The number of allylic oxidation sites excluding steroid dienone is 1. The molecule has 1 aliphatic rings. The van der Waals surface area contributed by atoms with E-state index in [0.717, 1.165) is 13.1 Å². The second kappa shape index (κ2) is 10.3. The predicted molar refractivity (Wildman–Crippen MR) is 130 cm³/mol. The van der Waals surface area contributed by atoms with Crippen LogP contribution in [0.1, 0.15) is 54.7 Å². The predicted octanol–water partition coefficient (Wildman–Crippen LogP) is 5.45. The number of aryl methyl sites for hydroxylation is 1. The SMILES string of the molecule is COc1cccc(/C=C2/Oc3c(CN(CC(C)C)CC(C)C)c(O)cc(C)c3C2=O)c1OC. The molecule has 1 heterocycles. The van der Waals surface area contributed by atoms with Gasteiger partial charge in [-0.25, -0.2) is 0 Å². The second-order valence-electron chi connectivity index (χ2n) is 9.40. The summed E-state index contributed by atoms with van der Waals surface area (Å²) < 4.78 is 17.0. The first-order chi connectivity index (χ1) is 15.7. The number of Topliss-reactive ketones (excluding diaryl/α,β-unsaturated/α-hetero) is 1. The Bertz CT molecular complexity index is 1040. The Hall–Kier alpha value is -2.99. The van der Waals surface area contributed by atoms with Gasteiger partial charge in [-0.2, -0.15) is 0 Å². The summed E-state index contributed by atoms with van der Waals surface area (Å²) in [4.78, 5) is 15.6. The van der Waals surface area contributed by atoms with Gasteiger partial charge in [0.15, 0.2) is 17.3 Å². The Labute approximate surface area is 196 Å². The fraction of sp³-hybridized carbons (Fsp3) is 0.444. The summed E-state index contributed by atoms with van der Waals surface area (Å²) in [6.07, 6.45) is 1.67. The van der Waals surface area contributed by atoms with E-state index in [1.54, 1.807) is 32.4 Å². The molecular weight excluding hydrogens is 418 g/mol. The van der Waals surface area contributed by atoms with Gasteiger partial charge < -0.3 is 19.3 Å². The Balaban J connectivity index is 2.03. The first-order valence-corrected chi connectivity index (χ1v) is 11.4. The van der Waals surface area contributed by atoms with Crippen molar-refractivity contribution >= 4 is 11.9 Å². The summed E-state index contributed by atoms with van der Waals surface area (Å²) in [6, 6.07) is 7.13. The lowest BCUT2D eigenvalue weighted by atomic mass is 9.98. The molecule has 33 heavy (non-hydrogen) atoms. The lowest BCUT2D eigenvalue weighted by Gasteiger charge is -2.27. The number of phenols is 1. The molecule has 6 heteroatoms. The number of hydrogen-bond donors (Lipinski definition) is 1. The monoisotopic (exact) mass is 453 g/mol. The van der Waals surface area contributed by atoms with Crippen molar-refractivity contribution in [2.24, 2.45) is 11.8 Å². The summed E-state index contributed by atoms with van der Waals surface area (Å²) in [6.45, 7) is 12.8. The molecule has 6 nitrogen and oxygen atoms in total. The highest BCUT2D eigenvalue weighted by Crippen LogP contribution is 2.43. The number of hydrogen-bond acceptors (Lipinski definition) is 6. The van der Waals surface area contributed by atoms with Crippen LogP contribution in [0, 0.1) is 18.8 Å². The number of nitrogens with zero attached hydrogens (tertiary/aromatic N) is 1. The summed E-state index contributed by atoms with van der Waals surface area (Å²) in [5.74, 6) is 2.64. The molecule has 1 N–H and O–H groups in total. The quantitative estimate of drug-likeness (QED) is 0.510. The van der Waals surface area contributed by atoms with Crippen molar-refractivity contribution in [2.75, 3.05) is 27.3 Å². The molecule has 1 aliphatic heterocycles. The van der Waals surface area contributed by atoms with E-state index < -0.39 is 0 Å². The second-order valence-corrected chi connectivity index (χ2v) is 9.40. The van der Waals surface area contributed by atoms with Crippen LogP contribution < -0.4 is 14.2 Å². The average Bonchev–Trinajstić information content (AvgIpc) is 3.06. The number of carbonyl (C=O) groups excluding carboxylic acids is 1. The maximum absolute atomic E-state index is 13.3. The van der Waals surface area contributed by atoms with Crippen molar-refractivity contribution in [3.8, 4) is 23.0 Å². The van der Waals surface area contributed by atoms with Crippen LogP contribution in [0.4, 0.5) is 0 Å². The van der Waals surface area contributed by atoms with E-state index in [1.807, 2.05) is 19.1 Å². The summed E-state index contributed by atoms with van der Waals surface area (Å²) in [5.41, 5.74) is 2.52. The zero-order valence-electron chi connectivity index (χ0n) is 20.7. The minimum Gasteiger partial charge on any atom is -0.507 e. The molecule has 0 unspecified atom stereocenters. The van der Waals surface area contributed by atoms with Gasteiger partial charge >= 0.3 is 0 Å². The average molecular weight is 454 g/mol. The highest BCUT2D eigenvalue weighted by Gasteiger charge is 2.34. The van der Waals surface area contributed by atoms with E-state index in [4.69, 9.17) is 14.2 Å². The molecule has 0 fully saturated rings. The van der Waals surface area contributed by atoms with Crippen LogP contribution in [0.15, 0.2) is 30.0 Å². The molecule has 0 spiro atoms. The lowest BCUT2D eigenvalue weighted by molar-refractivity contribution is 0.101. The number of benzene rings is 2. The number of para-hydroxylation sites is 1. The van der Waals surface area contributed by atoms with Crippen LogP contribution in [0.5, 0.6) is 23.0 Å². The van der Waals surface area contributed by atoms with Gasteiger partial charge in [-0.3, -0.25) is 9.69 Å². The summed E-state index contributed by atoms with van der Waals surface area (Å²) in [7, 11) is 3.13. The van der Waals surface area contributed by atoms with Gasteiger partial charge in [-0.1, -0.05) is 39.8 Å². The highest BCUT2D eigenvalue weighted by molar-refractivity contribution is 6.16. The summed E-state index contributed by atoms with van der Waals surface area (Å²) in [5, 5.41) is 10.8. The number of ether oxygens (including phenoxy) is 3. The normalized spacial score (nSPS) is 14.4. The van der Waals surface area contributed by atoms with E-state index in [0.29, 0.717) is 57.9 Å². The molecule has 0 bridgehead atoms. The molecule has 0 aromatic heterocycles.